The number of nitrogens with zero attached hydrogens (tertiary/aromatic N) is 2. The number of benzene rings is 1. The highest BCUT2D eigenvalue weighted by Gasteiger charge is 2.25. The summed E-state index contributed by atoms with van der Waals surface area (Å²) >= 11 is 3.10. The summed E-state index contributed by atoms with van der Waals surface area (Å²) in [6, 6.07) is 8.36. The number of amidine groups is 1. The van der Waals surface area contributed by atoms with Crippen molar-refractivity contribution < 1.29 is 4.79 Å². The third kappa shape index (κ3) is 4.40. The molecule has 0 spiro atoms. The van der Waals surface area contributed by atoms with Crippen LogP contribution < -0.4 is 5.32 Å². The lowest BCUT2D eigenvalue weighted by molar-refractivity contribution is -0.118. The van der Waals surface area contributed by atoms with Gasteiger partial charge in [-0.1, -0.05) is 29.5 Å². The molecule has 1 aromatic rings. The first-order valence-corrected chi connectivity index (χ1v) is 7.78. The number of thioether (sulfide) groups is 2. The summed E-state index contributed by atoms with van der Waals surface area (Å²) in [5.74, 6) is 0.751. The van der Waals surface area contributed by atoms with Crippen molar-refractivity contribution in [2.24, 2.45) is 10.2 Å². The Bertz CT molecular complexity index is 511. The molecular formula is C13H15N3OS2. The smallest absolute Gasteiger partial charge is 0.239 e. The summed E-state index contributed by atoms with van der Waals surface area (Å²) in [4.78, 5) is 12.4. The molecule has 1 heterocycles. The van der Waals surface area contributed by atoms with E-state index in [1.165, 1.54) is 22.2 Å². The number of amides is 1. The van der Waals surface area contributed by atoms with Crippen LogP contribution in [0.2, 0.25) is 0 Å². The maximum Gasteiger partial charge on any atom is 0.239 e. The molecule has 1 aromatic carbocycles. The van der Waals surface area contributed by atoms with E-state index in [1.54, 1.807) is 18.0 Å². The topological polar surface area (TPSA) is 53.8 Å². The maximum atomic E-state index is 11.2. The number of hydrogen-bond acceptors (Lipinski definition) is 5. The molecule has 1 amide bonds. The number of carbonyl (C=O) groups excluding carboxylic acids is 1. The zero-order valence-electron chi connectivity index (χ0n) is 10.8. The average molecular weight is 293 g/mol. The van der Waals surface area contributed by atoms with Gasteiger partial charge in [0.25, 0.3) is 0 Å². The van der Waals surface area contributed by atoms with Gasteiger partial charge in [0.05, 0.1) is 5.25 Å². The van der Waals surface area contributed by atoms with Crippen molar-refractivity contribution in [3.63, 3.8) is 0 Å². The molecule has 100 valence electrons. The first-order valence-electron chi connectivity index (χ1n) is 5.91. The van der Waals surface area contributed by atoms with Gasteiger partial charge in [0, 0.05) is 16.9 Å². The van der Waals surface area contributed by atoms with Crippen LogP contribution in [-0.4, -0.2) is 28.3 Å². The largest absolute Gasteiger partial charge is 0.303 e. The lowest BCUT2D eigenvalue weighted by Crippen LogP contribution is -2.23. The Hall–Kier alpha value is -1.27. The summed E-state index contributed by atoms with van der Waals surface area (Å²) in [7, 11) is 0. The average Bonchev–Trinajstić information content (AvgIpc) is 2.71. The van der Waals surface area contributed by atoms with E-state index in [0.717, 1.165) is 5.75 Å². The fourth-order valence-electron chi connectivity index (χ4n) is 1.40. The highest BCUT2D eigenvalue weighted by Crippen LogP contribution is 2.19. The molecule has 0 aromatic heterocycles. The number of nitrogens with one attached hydrogen (secondary N) is 1. The van der Waals surface area contributed by atoms with Gasteiger partial charge in [-0.05, 0) is 26.0 Å². The maximum absolute atomic E-state index is 11.2. The molecule has 6 heteroatoms. The minimum absolute atomic E-state index is 0.00650. The quantitative estimate of drug-likeness (QED) is 0.527. The lowest BCUT2D eigenvalue weighted by atomic mass is 10.2. The molecule has 19 heavy (non-hydrogen) atoms. The lowest BCUT2D eigenvalue weighted by Gasteiger charge is -1.97. The monoisotopic (exact) mass is 293 g/mol. The zero-order chi connectivity index (χ0) is 13.7. The summed E-state index contributed by atoms with van der Waals surface area (Å²) in [5.41, 5.74) is 1.26. The predicted octanol–water partition coefficient (Wildman–Crippen LogP) is 2.68. The van der Waals surface area contributed by atoms with E-state index in [0.29, 0.717) is 5.17 Å². The minimum Gasteiger partial charge on any atom is -0.303 e. The van der Waals surface area contributed by atoms with Crippen molar-refractivity contribution in [2.75, 3.05) is 5.75 Å². The van der Waals surface area contributed by atoms with Gasteiger partial charge in [-0.25, -0.2) is 0 Å². The molecule has 0 radical (unpaired) electrons. The van der Waals surface area contributed by atoms with Gasteiger partial charge in [0.2, 0.25) is 5.91 Å². The van der Waals surface area contributed by atoms with Gasteiger partial charge in [-0.3, -0.25) is 4.79 Å². The van der Waals surface area contributed by atoms with Crippen LogP contribution >= 0.6 is 23.5 Å². The molecule has 1 fully saturated rings. The van der Waals surface area contributed by atoms with Gasteiger partial charge in [-0.2, -0.15) is 5.10 Å². The second-order valence-corrected chi connectivity index (χ2v) is 6.50. The van der Waals surface area contributed by atoms with Crippen molar-refractivity contribution in [3.05, 3.63) is 29.8 Å². The van der Waals surface area contributed by atoms with Crippen molar-refractivity contribution in [3.8, 4) is 0 Å². The normalized spacial score (nSPS) is 21.3. The van der Waals surface area contributed by atoms with Gasteiger partial charge in [0.15, 0.2) is 5.17 Å². The summed E-state index contributed by atoms with van der Waals surface area (Å²) in [6.07, 6.45) is 1.74. The Labute approximate surface area is 121 Å². The third-order valence-corrected chi connectivity index (χ3v) is 4.36. The fraction of sp³-hybridized carbons (Fsp3) is 0.308. The number of rotatable bonds is 4. The van der Waals surface area contributed by atoms with Crippen LogP contribution in [0.5, 0.6) is 0 Å². The van der Waals surface area contributed by atoms with E-state index < -0.39 is 0 Å². The van der Waals surface area contributed by atoms with Crippen LogP contribution in [0.3, 0.4) is 0 Å². The Morgan fingerprint density at radius 1 is 1.42 bits per heavy atom. The number of carbonyl (C=O) groups is 1. The second-order valence-electron chi connectivity index (χ2n) is 4.08. The van der Waals surface area contributed by atoms with Gasteiger partial charge < -0.3 is 5.32 Å². The molecule has 1 N–H and O–H groups in total. The minimum atomic E-state index is -0.0733. The number of aryl methyl sites for hydroxylation is 1. The van der Waals surface area contributed by atoms with Crippen LogP contribution in [0.4, 0.5) is 0 Å². The molecule has 0 saturated carbocycles. The Balaban J connectivity index is 1.77. The zero-order valence-corrected chi connectivity index (χ0v) is 12.4. The molecule has 4 nitrogen and oxygen atoms in total. The molecule has 0 aliphatic carbocycles. The Morgan fingerprint density at radius 2 is 2.16 bits per heavy atom. The van der Waals surface area contributed by atoms with E-state index in [-0.39, 0.29) is 11.2 Å². The first-order chi connectivity index (χ1) is 9.15. The Morgan fingerprint density at radius 3 is 2.79 bits per heavy atom. The van der Waals surface area contributed by atoms with E-state index in [9.17, 15) is 4.79 Å². The standard InChI is InChI=1S/C13H15N3OS2/c1-9-3-5-11(6-4-9)18-8-7-14-16-13-15-12(17)10(2)19-13/h3-7,10H,8H2,1-2H3,(H,15,16,17)/b14-7+. The predicted molar refractivity (Wildman–Crippen MR) is 83.0 cm³/mol. The van der Waals surface area contributed by atoms with Crippen molar-refractivity contribution in [2.45, 2.75) is 24.0 Å². The van der Waals surface area contributed by atoms with Crippen LogP contribution in [0, 0.1) is 6.92 Å². The van der Waals surface area contributed by atoms with Crippen LogP contribution in [0.15, 0.2) is 39.4 Å². The first kappa shape index (κ1) is 14.1. The van der Waals surface area contributed by atoms with E-state index in [1.807, 2.05) is 6.92 Å². The van der Waals surface area contributed by atoms with Crippen molar-refractivity contribution in [1.29, 1.82) is 0 Å². The fourth-order valence-corrected chi connectivity index (χ4v) is 2.82. The van der Waals surface area contributed by atoms with E-state index in [2.05, 4.69) is 46.7 Å². The SMILES string of the molecule is Cc1ccc(SC/C=N/N=C2/NC(=O)C(C)S2)cc1. The molecule has 2 rings (SSSR count). The highest BCUT2D eigenvalue weighted by molar-refractivity contribution is 8.15. The summed E-state index contributed by atoms with van der Waals surface area (Å²) in [6.45, 7) is 3.92. The van der Waals surface area contributed by atoms with Crippen molar-refractivity contribution in [1.82, 2.24) is 5.32 Å². The van der Waals surface area contributed by atoms with Gasteiger partial charge in [0.1, 0.15) is 0 Å². The molecule has 0 bridgehead atoms. The molecular weight excluding hydrogens is 278 g/mol. The molecule has 1 unspecified atom stereocenters. The molecule has 1 aliphatic heterocycles. The number of hydrogen-bond donors (Lipinski definition) is 1. The second kappa shape index (κ2) is 6.77. The van der Waals surface area contributed by atoms with E-state index in [4.69, 9.17) is 0 Å². The highest BCUT2D eigenvalue weighted by atomic mass is 32.2. The van der Waals surface area contributed by atoms with Crippen LogP contribution in [0.1, 0.15) is 12.5 Å². The van der Waals surface area contributed by atoms with Crippen molar-refractivity contribution >= 4 is 40.8 Å². The molecule has 1 atom stereocenters. The molecule has 1 saturated heterocycles. The van der Waals surface area contributed by atoms with Gasteiger partial charge in [-0.15, -0.1) is 16.9 Å². The molecule has 1 aliphatic rings. The summed E-state index contributed by atoms with van der Waals surface area (Å²) in [5, 5.41) is 11.1. The van der Waals surface area contributed by atoms with Crippen LogP contribution in [0.25, 0.3) is 0 Å². The van der Waals surface area contributed by atoms with Crippen LogP contribution in [-0.2, 0) is 4.79 Å². The van der Waals surface area contributed by atoms with E-state index >= 15 is 0 Å². The van der Waals surface area contributed by atoms with Gasteiger partial charge >= 0.3 is 0 Å². The third-order valence-electron chi connectivity index (χ3n) is 2.46. The summed E-state index contributed by atoms with van der Waals surface area (Å²) < 4.78 is 0. The Kier molecular flexibility index (Phi) is 5.04.